The first-order chi connectivity index (χ1) is 26.3. The molecule has 7 aromatic carbocycles. The van der Waals surface area contributed by atoms with Crippen molar-refractivity contribution < 1.29 is 11.3 Å². The van der Waals surface area contributed by atoms with E-state index in [-0.39, 0.29) is 23.0 Å². The zero-order valence-corrected chi connectivity index (χ0v) is 26.1. The minimum atomic E-state index is -0.488. The van der Waals surface area contributed by atoms with Gasteiger partial charge in [-0.05, 0) is 57.6 Å². The molecule has 49 heavy (non-hydrogen) atoms. The van der Waals surface area contributed by atoms with Gasteiger partial charge in [-0.3, -0.25) is 0 Å². The van der Waals surface area contributed by atoms with Crippen LogP contribution in [0.2, 0.25) is 0 Å². The second-order valence-electron chi connectivity index (χ2n) is 11.7. The van der Waals surface area contributed by atoms with Crippen LogP contribution in [-0.4, -0.2) is 15.0 Å². The average Bonchev–Trinajstić information content (AvgIpc) is 3.61. The summed E-state index contributed by atoms with van der Waals surface area (Å²) in [5.41, 5.74) is 8.86. The maximum absolute atomic E-state index is 8.71. The van der Waals surface area contributed by atoms with Gasteiger partial charge >= 0.3 is 0 Å². The summed E-state index contributed by atoms with van der Waals surface area (Å²) < 4.78 is 48.8. The quantitative estimate of drug-likeness (QED) is 0.183. The summed E-state index contributed by atoms with van der Waals surface area (Å²) in [6, 6.07) is 46.2. The van der Waals surface area contributed by atoms with Crippen LogP contribution in [0.1, 0.15) is 6.85 Å². The van der Waals surface area contributed by atoms with Gasteiger partial charge in [-0.1, -0.05) is 152 Å². The van der Waals surface area contributed by atoms with Crippen LogP contribution < -0.4 is 0 Å². The number of rotatable bonds is 6. The molecular weight excluding hydrogens is 599 g/mol. The molecule has 0 spiro atoms. The highest BCUT2D eigenvalue weighted by atomic mass is 16.3. The molecule has 2 aromatic heterocycles. The van der Waals surface area contributed by atoms with E-state index in [1.807, 2.05) is 103 Å². The van der Waals surface area contributed by atoms with Crippen LogP contribution in [-0.2, 0) is 0 Å². The van der Waals surface area contributed by atoms with Crippen molar-refractivity contribution in [3.8, 4) is 67.5 Å². The Morgan fingerprint density at radius 2 is 0.918 bits per heavy atom. The summed E-state index contributed by atoms with van der Waals surface area (Å²) in [6.07, 6.45) is 0. The summed E-state index contributed by atoms with van der Waals surface area (Å²) in [7, 11) is 0. The molecule has 230 valence electrons. The van der Waals surface area contributed by atoms with Crippen LogP contribution in [0.5, 0.6) is 0 Å². The fourth-order valence-electron chi connectivity index (χ4n) is 6.20. The molecule has 0 fully saturated rings. The van der Waals surface area contributed by atoms with E-state index in [4.69, 9.17) is 26.2 Å². The van der Waals surface area contributed by atoms with E-state index >= 15 is 0 Å². The summed E-state index contributed by atoms with van der Waals surface area (Å²) in [5, 5.41) is 1.79. The number of fused-ring (bicyclic) bond motifs is 3. The Kier molecular flexibility index (Phi) is 5.87. The molecule has 9 aromatic rings. The number of para-hydroxylation sites is 1. The van der Waals surface area contributed by atoms with Crippen LogP contribution in [0, 0.1) is 0 Å². The highest BCUT2D eigenvalue weighted by molar-refractivity contribution is 6.10. The fourth-order valence-corrected chi connectivity index (χ4v) is 6.20. The maximum atomic E-state index is 8.71. The summed E-state index contributed by atoms with van der Waals surface area (Å²) in [6.45, 7) is 0. The normalized spacial score (nSPS) is 12.7. The van der Waals surface area contributed by atoms with Crippen molar-refractivity contribution in [3.05, 3.63) is 176 Å². The molecule has 0 atom stereocenters. The van der Waals surface area contributed by atoms with E-state index in [1.165, 1.54) is 0 Å². The van der Waals surface area contributed by atoms with Gasteiger partial charge in [0.25, 0.3) is 0 Å². The van der Waals surface area contributed by atoms with Gasteiger partial charge in [0.2, 0.25) is 0 Å². The molecule has 0 unspecified atom stereocenters. The Hall–Kier alpha value is -6.65. The van der Waals surface area contributed by atoms with Gasteiger partial charge in [-0.15, -0.1) is 0 Å². The maximum Gasteiger partial charge on any atom is 0.167 e. The molecule has 0 bridgehead atoms. The highest BCUT2D eigenvalue weighted by Gasteiger charge is 2.18. The Labute approximate surface area is 291 Å². The average molecular weight is 633 g/mol. The number of hydrogen-bond acceptors (Lipinski definition) is 4. The SMILES string of the molecule is [2H]c1c([2H])c([2H])c(-c2nc(-c3ccc(-c4ccccc4)cc3)nc(-c3cccc4c3oc3ccc(-c5cccc(-c6ccccc6)c5)cc34)n2)c([2H])c1[2H]. The summed E-state index contributed by atoms with van der Waals surface area (Å²) in [4.78, 5) is 14.4. The third-order valence-electron chi connectivity index (χ3n) is 8.65. The molecular formula is C45H29N3O. The standard InChI is InChI=1S/C45H29N3O/c1-4-12-30(13-5-1)32-22-24-34(25-23-32)44-46-43(33-16-8-3-9-17-33)47-45(48-44)39-21-11-20-38-40-29-37(26-27-41(40)49-42(38)39)36-19-10-18-35(28-36)31-14-6-2-7-15-31/h1-29H/i3D,8D,9D,16D,17D. The molecule has 0 aliphatic rings. The zero-order chi connectivity index (χ0) is 36.9. The molecule has 2 heterocycles. The largest absolute Gasteiger partial charge is 0.455 e. The molecule has 0 aliphatic carbocycles. The molecule has 0 radical (unpaired) electrons. The Balaban J connectivity index is 1.20. The van der Waals surface area contributed by atoms with E-state index in [0.717, 1.165) is 44.2 Å². The number of aromatic nitrogens is 3. The lowest BCUT2D eigenvalue weighted by Crippen LogP contribution is -2.00. The summed E-state index contributed by atoms with van der Waals surface area (Å²) in [5.74, 6) is 0.498. The lowest BCUT2D eigenvalue weighted by atomic mass is 9.98. The molecule has 9 rings (SSSR count). The van der Waals surface area contributed by atoms with Gasteiger partial charge in [0.1, 0.15) is 11.2 Å². The molecule has 4 nitrogen and oxygen atoms in total. The Morgan fingerprint density at radius 1 is 0.388 bits per heavy atom. The zero-order valence-electron chi connectivity index (χ0n) is 31.1. The van der Waals surface area contributed by atoms with E-state index in [9.17, 15) is 0 Å². The molecule has 0 saturated carbocycles. The smallest absolute Gasteiger partial charge is 0.167 e. The summed E-state index contributed by atoms with van der Waals surface area (Å²) >= 11 is 0. The highest BCUT2D eigenvalue weighted by Crippen LogP contribution is 2.38. The second-order valence-corrected chi connectivity index (χ2v) is 11.7. The number of hydrogen-bond donors (Lipinski definition) is 0. The van der Waals surface area contributed by atoms with Crippen molar-refractivity contribution >= 4 is 21.9 Å². The van der Waals surface area contributed by atoms with Crippen molar-refractivity contribution in [2.75, 3.05) is 0 Å². The Morgan fingerprint density at radius 3 is 1.65 bits per heavy atom. The minimum Gasteiger partial charge on any atom is -0.455 e. The van der Waals surface area contributed by atoms with Crippen molar-refractivity contribution in [2.45, 2.75) is 0 Å². The van der Waals surface area contributed by atoms with Crippen LogP contribution in [0.15, 0.2) is 180 Å². The molecule has 0 amide bonds. The number of nitrogens with zero attached hydrogens (tertiary/aromatic N) is 3. The lowest BCUT2D eigenvalue weighted by Gasteiger charge is -2.09. The van der Waals surface area contributed by atoms with Gasteiger partial charge in [-0.2, -0.15) is 0 Å². The van der Waals surface area contributed by atoms with Crippen LogP contribution >= 0.6 is 0 Å². The van der Waals surface area contributed by atoms with Gasteiger partial charge in [0, 0.05) is 21.9 Å². The lowest BCUT2D eigenvalue weighted by molar-refractivity contribution is 0.669. The first-order valence-electron chi connectivity index (χ1n) is 18.4. The Bertz CT molecular complexity index is 2850. The van der Waals surface area contributed by atoms with Crippen molar-refractivity contribution in [1.29, 1.82) is 0 Å². The van der Waals surface area contributed by atoms with Crippen molar-refractivity contribution in [3.63, 3.8) is 0 Å². The van der Waals surface area contributed by atoms with Crippen LogP contribution in [0.3, 0.4) is 0 Å². The monoisotopic (exact) mass is 632 g/mol. The third-order valence-corrected chi connectivity index (χ3v) is 8.65. The van der Waals surface area contributed by atoms with Crippen molar-refractivity contribution in [2.24, 2.45) is 0 Å². The first kappa shape index (κ1) is 23.6. The van der Waals surface area contributed by atoms with Gasteiger partial charge in [0.05, 0.1) is 12.4 Å². The molecule has 0 saturated heterocycles. The second kappa shape index (κ2) is 12.2. The van der Waals surface area contributed by atoms with E-state index < -0.39 is 30.2 Å². The predicted octanol–water partition coefficient (Wildman–Crippen LogP) is 11.8. The van der Waals surface area contributed by atoms with E-state index in [1.54, 1.807) is 0 Å². The number of furan rings is 1. The predicted molar refractivity (Wildman–Crippen MR) is 200 cm³/mol. The fraction of sp³-hybridized carbons (Fsp3) is 0. The minimum absolute atomic E-state index is 0.0344. The molecule has 0 N–H and O–H groups in total. The first-order valence-corrected chi connectivity index (χ1v) is 15.9. The van der Waals surface area contributed by atoms with E-state index in [0.29, 0.717) is 22.3 Å². The van der Waals surface area contributed by atoms with Gasteiger partial charge < -0.3 is 4.42 Å². The van der Waals surface area contributed by atoms with Crippen LogP contribution in [0.4, 0.5) is 0 Å². The molecule has 4 heteroatoms. The van der Waals surface area contributed by atoms with Gasteiger partial charge in [0.15, 0.2) is 17.5 Å². The number of benzene rings is 7. The topological polar surface area (TPSA) is 51.8 Å². The van der Waals surface area contributed by atoms with Crippen LogP contribution in [0.25, 0.3) is 89.5 Å². The van der Waals surface area contributed by atoms with E-state index in [2.05, 4.69) is 42.5 Å². The van der Waals surface area contributed by atoms with Crippen molar-refractivity contribution in [1.82, 2.24) is 15.0 Å². The van der Waals surface area contributed by atoms with Gasteiger partial charge in [-0.25, -0.2) is 15.0 Å². The third kappa shape index (κ3) is 5.45. The molecule has 0 aliphatic heterocycles.